The fraction of sp³-hybridized carbons (Fsp3) is 0.125. The van der Waals surface area contributed by atoms with E-state index in [0.717, 1.165) is 4.88 Å². The van der Waals surface area contributed by atoms with Crippen molar-refractivity contribution in [3.63, 3.8) is 0 Å². The summed E-state index contributed by atoms with van der Waals surface area (Å²) in [5, 5.41) is 0.504. The Labute approximate surface area is 94.9 Å². The van der Waals surface area contributed by atoms with E-state index >= 15 is 0 Å². The number of H-pyrrole nitrogens is 1. The predicted octanol–water partition coefficient (Wildman–Crippen LogP) is 2.90. The normalized spacial score (nSPS) is 10.8. The number of aromatic nitrogens is 2. The van der Waals surface area contributed by atoms with Crippen molar-refractivity contribution < 1.29 is 0 Å². The molecule has 0 spiro atoms. The first-order valence-corrected chi connectivity index (χ1v) is 5.48. The van der Waals surface area contributed by atoms with Gasteiger partial charge in [-0.15, -0.1) is 11.3 Å². The molecule has 74 valence electrons. The summed E-state index contributed by atoms with van der Waals surface area (Å²) < 4.78 is 0.716. The van der Waals surface area contributed by atoms with Crippen LogP contribution in [0.1, 0.15) is 5.82 Å². The van der Waals surface area contributed by atoms with Crippen LogP contribution in [0.3, 0.4) is 0 Å². The summed E-state index contributed by atoms with van der Waals surface area (Å²) in [6.07, 6.45) is 0. The lowest BCUT2D eigenvalue weighted by atomic mass is 10.4. The van der Waals surface area contributed by atoms with Gasteiger partial charge in [-0.25, -0.2) is 4.98 Å². The first-order valence-electron chi connectivity index (χ1n) is 3.91. The molecule has 0 amide bonds. The third kappa shape index (κ3) is 1.79. The zero-order valence-corrected chi connectivity index (χ0v) is 9.38. The minimum atomic E-state index is 0.346. The molecule has 0 bridgehead atoms. The van der Waals surface area contributed by atoms with Crippen LogP contribution in [0.25, 0.3) is 10.6 Å². The van der Waals surface area contributed by atoms with Crippen LogP contribution in [-0.2, 0) is 6.54 Å². The third-order valence-electron chi connectivity index (χ3n) is 1.71. The maximum atomic E-state index is 5.96. The molecular formula is C8H7Cl2N3S. The van der Waals surface area contributed by atoms with Crippen LogP contribution in [0.2, 0.25) is 9.49 Å². The standard InChI is InChI=1S/C8H7Cl2N3S/c9-5-2-1-4(14-5)7-8(10)13-6(3-11)12-7/h1-2H,3,11H2,(H,12,13). The summed E-state index contributed by atoms with van der Waals surface area (Å²) in [6, 6.07) is 3.70. The number of thiophene rings is 1. The van der Waals surface area contributed by atoms with E-state index in [1.54, 1.807) is 0 Å². The van der Waals surface area contributed by atoms with Crippen molar-refractivity contribution in [3.05, 3.63) is 27.4 Å². The molecule has 2 aromatic heterocycles. The number of aromatic amines is 1. The van der Waals surface area contributed by atoms with Crippen molar-refractivity contribution in [1.82, 2.24) is 9.97 Å². The number of nitrogens with two attached hydrogens (primary N) is 1. The summed E-state index contributed by atoms with van der Waals surface area (Å²) in [7, 11) is 0. The van der Waals surface area contributed by atoms with Gasteiger partial charge < -0.3 is 10.7 Å². The van der Waals surface area contributed by atoms with E-state index in [0.29, 0.717) is 27.6 Å². The summed E-state index contributed by atoms with van der Waals surface area (Å²) in [5.74, 6) is 0.675. The number of halogens is 2. The molecule has 0 aliphatic carbocycles. The van der Waals surface area contributed by atoms with Crippen LogP contribution in [-0.4, -0.2) is 9.97 Å². The Morgan fingerprint density at radius 1 is 1.43 bits per heavy atom. The molecule has 0 unspecified atom stereocenters. The van der Waals surface area contributed by atoms with Gasteiger partial charge >= 0.3 is 0 Å². The minimum Gasteiger partial charge on any atom is -0.331 e. The summed E-state index contributed by atoms with van der Waals surface area (Å²) in [4.78, 5) is 8.09. The topological polar surface area (TPSA) is 54.7 Å². The van der Waals surface area contributed by atoms with Crippen molar-refractivity contribution in [2.75, 3.05) is 0 Å². The van der Waals surface area contributed by atoms with Gasteiger partial charge in [0.1, 0.15) is 16.7 Å². The molecule has 3 nitrogen and oxygen atoms in total. The molecule has 0 aliphatic rings. The largest absolute Gasteiger partial charge is 0.331 e. The summed E-state index contributed by atoms with van der Waals surface area (Å²) >= 11 is 13.2. The molecule has 6 heteroatoms. The first-order chi connectivity index (χ1) is 6.70. The molecule has 2 aromatic rings. The maximum Gasteiger partial charge on any atom is 0.135 e. The lowest BCUT2D eigenvalue weighted by Gasteiger charge is -1.88. The molecule has 3 N–H and O–H groups in total. The van der Waals surface area contributed by atoms with E-state index in [9.17, 15) is 0 Å². The number of nitrogens with zero attached hydrogens (tertiary/aromatic N) is 1. The van der Waals surface area contributed by atoms with Crippen LogP contribution in [0, 0.1) is 0 Å². The Morgan fingerprint density at radius 2 is 2.21 bits per heavy atom. The van der Waals surface area contributed by atoms with Gasteiger partial charge in [0.25, 0.3) is 0 Å². The molecule has 2 rings (SSSR count). The molecule has 0 atom stereocenters. The number of hydrogen-bond acceptors (Lipinski definition) is 3. The average molecular weight is 248 g/mol. The predicted molar refractivity (Wildman–Crippen MR) is 59.8 cm³/mol. The van der Waals surface area contributed by atoms with E-state index in [1.807, 2.05) is 12.1 Å². The van der Waals surface area contributed by atoms with E-state index in [-0.39, 0.29) is 0 Å². The highest BCUT2D eigenvalue weighted by molar-refractivity contribution is 7.19. The highest BCUT2D eigenvalue weighted by Crippen LogP contribution is 2.33. The van der Waals surface area contributed by atoms with Crippen molar-refractivity contribution in [1.29, 1.82) is 0 Å². The number of imidazole rings is 1. The van der Waals surface area contributed by atoms with Crippen molar-refractivity contribution in [2.24, 2.45) is 5.73 Å². The van der Waals surface area contributed by atoms with Crippen LogP contribution in [0.15, 0.2) is 12.1 Å². The maximum absolute atomic E-state index is 5.96. The van der Waals surface area contributed by atoms with Gasteiger partial charge in [-0.05, 0) is 12.1 Å². The van der Waals surface area contributed by atoms with Gasteiger partial charge in [0.2, 0.25) is 0 Å². The third-order valence-corrected chi connectivity index (χ3v) is 3.22. The highest BCUT2D eigenvalue weighted by Gasteiger charge is 2.11. The molecular weight excluding hydrogens is 241 g/mol. The van der Waals surface area contributed by atoms with Crippen LogP contribution < -0.4 is 5.73 Å². The second-order valence-corrected chi connectivity index (χ2v) is 4.75. The summed E-state index contributed by atoms with van der Waals surface area (Å²) in [5.41, 5.74) is 6.15. The monoisotopic (exact) mass is 247 g/mol. The van der Waals surface area contributed by atoms with Crippen LogP contribution in [0.4, 0.5) is 0 Å². The zero-order valence-electron chi connectivity index (χ0n) is 7.05. The Morgan fingerprint density at radius 3 is 2.71 bits per heavy atom. The van der Waals surface area contributed by atoms with Gasteiger partial charge in [0.05, 0.1) is 15.8 Å². The fourth-order valence-electron chi connectivity index (χ4n) is 1.10. The molecule has 2 heterocycles. The van der Waals surface area contributed by atoms with Crippen LogP contribution >= 0.6 is 34.5 Å². The van der Waals surface area contributed by atoms with Gasteiger partial charge in [-0.3, -0.25) is 0 Å². The average Bonchev–Trinajstić information content (AvgIpc) is 2.71. The van der Waals surface area contributed by atoms with Gasteiger partial charge in [0.15, 0.2) is 0 Å². The molecule has 0 aromatic carbocycles. The second-order valence-electron chi connectivity index (χ2n) is 2.65. The Balaban J connectivity index is 2.45. The Bertz CT molecular complexity index is 449. The highest BCUT2D eigenvalue weighted by atomic mass is 35.5. The zero-order chi connectivity index (χ0) is 10.1. The van der Waals surface area contributed by atoms with Crippen molar-refractivity contribution in [2.45, 2.75) is 6.54 Å². The molecule has 0 fully saturated rings. The second kappa shape index (κ2) is 3.90. The molecule has 14 heavy (non-hydrogen) atoms. The lowest BCUT2D eigenvalue weighted by molar-refractivity contribution is 0.951. The number of rotatable bonds is 2. The Kier molecular flexibility index (Phi) is 2.78. The molecule has 0 aliphatic heterocycles. The molecule has 0 radical (unpaired) electrons. The van der Waals surface area contributed by atoms with E-state index < -0.39 is 0 Å². The number of nitrogens with one attached hydrogen (secondary N) is 1. The van der Waals surface area contributed by atoms with E-state index in [1.165, 1.54) is 11.3 Å². The minimum absolute atomic E-state index is 0.346. The quantitative estimate of drug-likeness (QED) is 0.858. The molecule has 0 saturated heterocycles. The Hall–Kier alpha value is -0.550. The smallest absolute Gasteiger partial charge is 0.135 e. The fourth-order valence-corrected chi connectivity index (χ4v) is 2.45. The van der Waals surface area contributed by atoms with Gasteiger partial charge in [-0.1, -0.05) is 23.2 Å². The van der Waals surface area contributed by atoms with E-state index in [2.05, 4.69) is 9.97 Å². The van der Waals surface area contributed by atoms with Crippen LogP contribution in [0.5, 0.6) is 0 Å². The van der Waals surface area contributed by atoms with E-state index in [4.69, 9.17) is 28.9 Å². The van der Waals surface area contributed by atoms with Crippen molar-refractivity contribution in [3.8, 4) is 10.6 Å². The van der Waals surface area contributed by atoms with Gasteiger partial charge in [-0.2, -0.15) is 0 Å². The van der Waals surface area contributed by atoms with Crippen molar-refractivity contribution >= 4 is 34.5 Å². The lowest BCUT2D eigenvalue weighted by Crippen LogP contribution is -1.97. The summed E-state index contributed by atoms with van der Waals surface area (Å²) in [6.45, 7) is 0.346. The first kappa shape index (κ1) is 9.98. The number of hydrogen-bond donors (Lipinski definition) is 2. The SMILES string of the molecule is NCc1nc(-c2ccc(Cl)s2)c(Cl)[nH]1. The van der Waals surface area contributed by atoms with Gasteiger partial charge in [0, 0.05) is 0 Å². The molecule has 0 saturated carbocycles.